The molecule has 2 aromatic rings. The van der Waals surface area contributed by atoms with Crippen molar-refractivity contribution in [1.82, 2.24) is 9.80 Å². The average Bonchev–Trinajstić information content (AvgIpc) is 2.75. The van der Waals surface area contributed by atoms with Crippen molar-refractivity contribution in [3.63, 3.8) is 0 Å². The lowest BCUT2D eigenvalue weighted by molar-refractivity contribution is -0.135. The zero-order valence-corrected chi connectivity index (χ0v) is 17.3. The van der Waals surface area contributed by atoms with E-state index in [4.69, 9.17) is 16.3 Å². The minimum absolute atomic E-state index is 0.0434. The second-order valence-electron chi connectivity index (χ2n) is 7.14. The maximum atomic E-state index is 12.8. The fourth-order valence-corrected chi connectivity index (χ4v) is 3.47. The Balaban J connectivity index is 1.46. The Bertz CT molecular complexity index is 814. The van der Waals surface area contributed by atoms with Crippen LogP contribution in [0.4, 0.5) is 10.5 Å². The summed E-state index contributed by atoms with van der Waals surface area (Å²) in [6.45, 7) is 1.97. The second-order valence-corrected chi connectivity index (χ2v) is 7.58. The standard InChI is InChI=1S/C22H26ClN3O3/c1-25(14-15-29-20-11-9-18(23)10-12-20)21(27)17-6-5-13-26(16-17)22(28)24-19-7-3-2-4-8-19/h2-4,7-12,17H,5-6,13-16H2,1H3,(H,24,28)/t17-/m0/s1. The van der Waals surface area contributed by atoms with Gasteiger partial charge in [0.05, 0.1) is 12.5 Å². The highest BCUT2D eigenvalue weighted by atomic mass is 35.5. The number of halogens is 1. The van der Waals surface area contributed by atoms with Crippen LogP contribution < -0.4 is 10.1 Å². The number of urea groups is 1. The third-order valence-corrected chi connectivity index (χ3v) is 5.22. The van der Waals surface area contributed by atoms with Gasteiger partial charge in [-0.15, -0.1) is 0 Å². The summed E-state index contributed by atoms with van der Waals surface area (Å²) in [6, 6.07) is 16.3. The summed E-state index contributed by atoms with van der Waals surface area (Å²) in [4.78, 5) is 28.7. The van der Waals surface area contributed by atoms with Crippen molar-refractivity contribution in [3.8, 4) is 5.75 Å². The van der Waals surface area contributed by atoms with E-state index in [0.29, 0.717) is 31.3 Å². The SMILES string of the molecule is CN(CCOc1ccc(Cl)cc1)C(=O)[C@H]1CCCN(C(=O)Nc2ccccc2)C1. The highest BCUT2D eigenvalue weighted by Crippen LogP contribution is 2.20. The molecule has 0 unspecified atom stereocenters. The summed E-state index contributed by atoms with van der Waals surface area (Å²) in [7, 11) is 1.77. The highest BCUT2D eigenvalue weighted by molar-refractivity contribution is 6.30. The molecule has 0 aromatic heterocycles. The lowest BCUT2D eigenvalue weighted by Gasteiger charge is -2.34. The van der Waals surface area contributed by atoms with Gasteiger partial charge >= 0.3 is 6.03 Å². The lowest BCUT2D eigenvalue weighted by Crippen LogP contribution is -2.47. The van der Waals surface area contributed by atoms with Gasteiger partial charge in [0.15, 0.2) is 0 Å². The molecular weight excluding hydrogens is 390 g/mol. The van der Waals surface area contributed by atoms with E-state index in [1.165, 1.54) is 0 Å². The monoisotopic (exact) mass is 415 g/mol. The molecule has 0 radical (unpaired) electrons. The summed E-state index contributed by atoms with van der Waals surface area (Å²) in [5.74, 6) is 0.574. The van der Waals surface area contributed by atoms with Crippen molar-refractivity contribution in [2.45, 2.75) is 12.8 Å². The smallest absolute Gasteiger partial charge is 0.321 e. The van der Waals surface area contributed by atoms with Crippen molar-refractivity contribution in [1.29, 1.82) is 0 Å². The molecule has 1 N–H and O–H groups in total. The Labute approximate surface area is 176 Å². The molecule has 1 heterocycles. The van der Waals surface area contributed by atoms with Gasteiger partial charge in [0.1, 0.15) is 12.4 Å². The van der Waals surface area contributed by atoms with Crippen molar-refractivity contribution in [2.75, 3.05) is 38.6 Å². The summed E-state index contributed by atoms with van der Waals surface area (Å²) < 4.78 is 5.67. The number of carbonyl (C=O) groups excluding carboxylic acids is 2. The largest absolute Gasteiger partial charge is 0.492 e. The Morgan fingerprint density at radius 3 is 2.62 bits per heavy atom. The van der Waals surface area contributed by atoms with Crippen LogP contribution in [0.25, 0.3) is 0 Å². The molecule has 1 aliphatic rings. The molecule has 1 aliphatic heterocycles. The van der Waals surface area contributed by atoms with Gasteiger partial charge in [-0.3, -0.25) is 4.79 Å². The zero-order chi connectivity index (χ0) is 20.6. The maximum Gasteiger partial charge on any atom is 0.321 e. The van der Waals surface area contributed by atoms with Crippen LogP contribution in [0, 0.1) is 5.92 Å². The van der Waals surface area contributed by atoms with E-state index in [0.717, 1.165) is 24.3 Å². The predicted octanol–water partition coefficient (Wildman–Crippen LogP) is 4.12. The molecule has 7 heteroatoms. The van der Waals surface area contributed by atoms with E-state index < -0.39 is 0 Å². The molecule has 29 heavy (non-hydrogen) atoms. The fourth-order valence-electron chi connectivity index (χ4n) is 3.34. The molecule has 2 aromatic carbocycles. The first-order valence-electron chi connectivity index (χ1n) is 9.77. The number of nitrogens with zero attached hydrogens (tertiary/aromatic N) is 2. The number of piperidine rings is 1. The first-order valence-corrected chi connectivity index (χ1v) is 10.1. The van der Waals surface area contributed by atoms with Crippen molar-refractivity contribution in [3.05, 3.63) is 59.6 Å². The van der Waals surface area contributed by atoms with Crippen LogP contribution in [-0.4, -0.2) is 55.0 Å². The number of rotatable bonds is 6. The van der Waals surface area contributed by atoms with Crippen LogP contribution in [0.3, 0.4) is 0 Å². The maximum absolute atomic E-state index is 12.8. The Kier molecular flexibility index (Phi) is 7.36. The van der Waals surface area contributed by atoms with Crippen LogP contribution in [0.2, 0.25) is 5.02 Å². The van der Waals surface area contributed by atoms with Gasteiger partial charge in [0.2, 0.25) is 5.91 Å². The van der Waals surface area contributed by atoms with E-state index in [1.807, 2.05) is 30.3 Å². The topological polar surface area (TPSA) is 61.9 Å². The van der Waals surface area contributed by atoms with Crippen LogP contribution in [0.5, 0.6) is 5.75 Å². The average molecular weight is 416 g/mol. The van der Waals surface area contributed by atoms with Gasteiger partial charge in [0.25, 0.3) is 0 Å². The van der Waals surface area contributed by atoms with E-state index in [2.05, 4.69) is 5.32 Å². The molecule has 154 valence electrons. The number of hydrogen-bond donors (Lipinski definition) is 1. The summed E-state index contributed by atoms with van der Waals surface area (Å²) in [5, 5.41) is 3.54. The third kappa shape index (κ3) is 6.12. The molecule has 3 amide bonds. The zero-order valence-electron chi connectivity index (χ0n) is 16.5. The molecule has 3 rings (SSSR count). The number of nitrogens with one attached hydrogen (secondary N) is 1. The Hall–Kier alpha value is -2.73. The quantitative estimate of drug-likeness (QED) is 0.771. The molecule has 1 saturated heterocycles. The third-order valence-electron chi connectivity index (χ3n) is 4.97. The van der Waals surface area contributed by atoms with Crippen molar-refractivity contribution >= 4 is 29.2 Å². The van der Waals surface area contributed by atoms with E-state index in [-0.39, 0.29) is 17.9 Å². The first-order chi connectivity index (χ1) is 14.0. The normalized spacial score (nSPS) is 16.2. The number of benzene rings is 2. The minimum Gasteiger partial charge on any atom is -0.492 e. The number of likely N-dealkylation sites (tertiary alicyclic amines) is 1. The van der Waals surface area contributed by atoms with Crippen LogP contribution in [-0.2, 0) is 4.79 Å². The summed E-state index contributed by atoms with van der Waals surface area (Å²) in [6.07, 6.45) is 1.60. The molecule has 1 fully saturated rings. The lowest BCUT2D eigenvalue weighted by atomic mass is 9.97. The number of likely N-dealkylation sites (N-methyl/N-ethyl adjacent to an activating group) is 1. The van der Waals surface area contributed by atoms with Gasteiger partial charge in [-0.2, -0.15) is 0 Å². The van der Waals surface area contributed by atoms with Gasteiger partial charge in [-0.25, -0.2) is 4.79 Å². The van der Waals surface area contributed by atoms with E-state index >= 15 is 0 Å². The molecule has 0 bridgehead atoms. The number of para-hydroxylation sites is 1. The van der Waals surface area contributed by atoms with Crippen molar-refractivity contribution in [2.24, 2.45) is 5.92 Å². The van der Waals surface area contributed by atoms with E-state index in [1.54, 1.807) is 41.1 Å². The fraction of sp³-hybridized carbons (Fsp3) is 0.364. The highest BCUT2D eigenvalue weighted by Gasteiger charge is 2.30. The minimum atomic E-state index is -0.189. The number of hydrogen-bond acceptors (Lipinski definition) is 3. The summed E-state index contributed by atoms with van der Waals surface area (Å²) >= 11 is 5.86. The molecule has 1 atom stereocenters. The number of carbonyl (C=O) groups is 2. The molecule has 6 nitrogen and oxygen atoms in total. The number of amides is 3. The Morgan fingerprint density at radius 1 is 1.17 bits per heavy atom. The van der Waals surface area contributed by atoms with Crippen molar-refractivity contribution < 1.29 is 14.3 Å². The van der Waals surface area contributed by atoms with Gasteiger partial charge < -0.3 is 19.9 Å². The molecular formula is C22H26ClN3O3. The Morgan fingerprint density at radius 2 is 1.90 bits per heavy atom. The second kappa shape index (κ2) is 10.2. The summed E-state index contributed by atoms with van der Waals surface area (Å²) in [5.41, 5.74) is 0.752. The molecule has 0 saturated carbocycles. The van der Waals surface area contributed by atoms with Crippen LogP contribution in [0.15, 0.2) is 54.6 Å². The van der Waals surface area contributed by atoms with Crippen LogP contribution >= 0.6 is 11.6 Å². The van der Waals surface area contributed by atoms with Crippen LogP contribution in [0.1, 0.15) is 12.8 Å². The van der Waals surface area contributed by atoms with Gasteiger partial charge in [0, 0.05) is 30.8 Å². The first kappa shape index (κ1) is 21.0. The van der Waals surface area contributed by atoms with E-state index in [9.17, 15) is 9.59 Å². The number of anilines is 1. The van der Waals surface area contributed by atoms with Gasteiger partial charge in [-0.05, 0) is 49.2 Å². The van der Waals surface area contributed by atoms with Gasteiger partial charge in [-0.1, -0.05) is 29.8 Å². The number of ether oxygens (including phenoxy) is 1. The molecule has 0 spiro atoms. The molecule has 0 aliphatic carbocycles. The predicted molar refractivity (Wildman–Crippen MR) is 114 cm³/mol.